The van der Waals surface area contributed by atoms with Crippen molar-refractivity contribution in [2.45, 2.75) is 51.1 Å². The van der Waals surface area contributed by atoms with Gasteiger partial charge in [-0.15, -0.1) is 0 Å². The molecule has 0 aromatic heterocycles. The van der Waals surface area contributed by atoms with Crippen LogP contribution in [0.25, 0.3) is 0 Å². The predicted octanol–water partition coefficient (Wildman–Crippen LogP) is 2.76. The number of carbonyl (C=O) groups is 2. The van der Waals surface area contributed by atoms with E-state index in [9.17, 15) is 9.59 Å². The average Bonchev–Trinajstić information content (AvgIpc) is 2.76. The van der Waals surface area contributed by atoms with Crippen molar-refractivity contribution in [3.8, 4) is 0 Å². The molecule has 2 aliphatic heterocycles. The molecule has 0 N–H and O–H groups in total. The Labute approximate surface area is 118 Å². The Balaban J connectivity index is 2.30. The first-order valence-corrected chi connectivity index (χ1v) is 7.07. The molecule has 3 rings (SSSR count). The summed E-state index contributed by atoms with van der Waals surface area (Å²) < 4.78 is 11.8. The molecule has 0 saturated carbocycles. The third-order valence-electron chi connectivity index (χ3n) is 4.51. The second-order valence-electron chi connectivity index (χ2n) is 5.42. The van der Waals surface area contributed by atoms with Crippen LogP contribution in [0.4, 0.5) is 0 Å². The number of ether oxygens (including phenoxy) is 2. The van der Waals surface area contributed by atoms with Gasteiger partial charge in [-0.2, -0.15) is 0 Å². The molecule has 4 nitrogen and oxygen atoms in total. The lowest BCUT2D eigenvalue weighted by atomic mass is 9.83. The summed E-state index contributed by atoms with van der Waals surface area (Å²) in [6, 6.07) is 6.91. The van der Waals surface area contributed by atoms with Gasteiger partial charge >= 0.3 is 0 Å². The van der Waals surface area contributed by atoms with E-state index in [1.165, 1.54) is 0 Å². The second kappa shape index (κ2) is 4.24. The summed E-state index contributed by atoms with van der Waals surface area (Å²) >= 11 is 0. The SMILES string of the molecule is CC[C@@]12O[C@H](C)[C@@](CC)(O1)C(=O)c1ccccc1C2=O. The fraction of sp³-hybridized carbons (Fsp3) is 0.500. The maximum absolute atomic E-state index is 12.9. The number of benzene rings is 1. The van der Waals surface area contributed by atoms with Crippen LogP contribution in [-0.4, -0.2) is 29.1 Å². The molecule has 0 spiro atoms. The highest BCUT2D eigenvalue weighted by Crippen LogP contribution is 2.47. The summed E-state index contributed by atoms with van der Waals surface area (Å²) in [5.41, 5.74) is -0.204. The zero-order chi connectivity index (χ0) is 14.5. The summed E-state index contributed by atoms with van der Waals surface area (Å²) in [7, 11) is 0. The zero-order valence-corrected chi connectivity index (χ0v) is 11.9. The number of Topliss-reactive ketones (excluding diaryl/α,β-unsaturated/α-hetero) is 2. The number of carbonyl (C=O) groups excluding carboxylic acids is 2. The van der Waals surface area contributed by atoms with E-state index in [4.69, 9.17) is 9.47 Å². The van der Waals surface area contributed by atoms with Gasteiger partial charge in [-0.3, -0.25) is 9.59 Å². The van der Waals surface area contributed by atoms with Gasteiger partial charge in [-0.25, -0.2) is 0 Å². The fourth-order valence-electron chi connectivity index (χ4n) is 3.26. The molecule has 0 aliphatic carbocycles. The quantitative estimate of drug-likeness (QED) is 0.832. The molecule has 2 aliphatic rings. The van der Waals surface area contributed by atoms with Crippen LogP contribution in [0, 0.1) is 0 Å². The molecule has 20 heavy (non-hydrogen) atoms. The molecule has 0 radical (unpaired) electrons. The Morgan fingerprint density at radius 3 is 2.20 bits per heavy atom. The molecule has 106 valence electrons. The Morgan fingerprint density at radius 1 is 1.05 bits per heavy atom. The van der Waals surface area contributed by atoms with E-state index in [1.54, 1.807) is 31.2 Å². The van der Waals surface area contributed by atoms with Crippen molar-refractivity contribution < 1.29 is 19.1 Å². The topological polar surface area (TPSA) is 52.6 Å². The molecule has 2 heterocycles. The molecule has 0 unspecified atom stereocenters. The van der Waals surface area contributed by atoms with E-state index in [0.717, 1.165) is 0 Å². The highest BCUT2D eigenvalue weighted by Gasteiger charge is 2.63. The number of fused-ring (bicyclic) bond motifs is 3. The van der Waals surface area contributed by atoms with Gasteiger partial charge < -0.3 is 9.47 Å². The number of rotatable bonds is 2. The average molecular weight is 274 g/mol. The van der Waals surface area contributed by atoms with Crippen LogP contribution in [-0.2, 0) is 9.47 Å². The van der Waals surface area contributed by atoms with Crippen molar-refractivity contribution in [2.75, 3.05) is 0 Å². The van der Waals surface area contributed by atoms with Gasteiger partial charge in [0.1, 0.15) is 0 Å². The molecule has 0 amide bonds. The third kappa shape index (κ3) is 1.43. The van der Waals surface area contributed by atoms with Gasteiger partial charge in [0.2, 0.25) is 11.6 Å². The van der Waals surface area contributed by atoms with Crippen molar-refractivity contribution in [1.82, 2.24) is 0 Å². The first-order chi connectivity index (χ1) is 9.50. The van der Waals surface area contributed by atoms with E-state index in [2.05, 4.69) is 0 Å². The minimum Gasteiger partial charge on any atom is -0.337 e. The standard InChI is InChI=1S/C16H18O4/c1-4-15-10(3)19-16(5-2,20-15)14(18)12-9-7-6-8-11(12)13(15)17/h6-10H,4-5H2,1-3H3/t10-,15-,16-/m1/s1. The minimum atomic E-state index is -1.32. The zero-order valence-electron chi connectivity index (χ0n) is 11.9. The molecular weight excluding hydrogens is 256 g/mol. The molecule has 1 aromatic carbocycles. The Morgan fingerprint density at radius 2 is 1.65 bits per heavy atom. The summed E-state index contributed by atoms with van der Waals surface area (Å²) in [6.07, 6.45) is 0.438. The van der Waals surface area contributed by atoms with E-state index >= 15 is 0 Å². The predicted molar refractivity (Wildman–Crippen MR) is 72.8 cm³/mol. The number of hydrogen-bond donors (Lipinski definition) is 0. The van der Waals surface area contributed by atoms with Crippen molar-refractivity contribution in [3.63, 3.8) is 0 Å². The maximum Gasteiger partial charge on any atom is 0.234 e. The van der Waals surface area contributed by atoms with Crippen molar-refractivity contribution in [1.29, 1.82) is 0 Å². The van der Waals surface area contributed by atoms with Gasteiger partial charge in [0, 0.05) is 17.5 Å². The Hall–Kier alpha value is -1.52. The van der Waals surface area contributed by atoms with E-state index in [-0.39, 0.29) is 11.6 Å². The second-order valence-corrected chi connectivity index (χ2v) is 5.42. The van der Waals surface area contributed by atoms with Crippen LogP contribution < -0.4 is 0 Å². The van der Waals surface area contributed by atoms with Crippen molar-refractivity contribution in [3.05, 3.63) is 35.4 Å². The lowest BCUT2D eigenvalue weighted by Gasteiger charge is -2.27. The van der Waals surface area contributed by atoms with Crippen LogP contribution in [0.1, 0.15) is 54.3 Å². The lowest BCUT2D eigenvalue weighted by Crippen LogP contribution is -2.46. The maximum atomic E-state index is 12.9. The normalized spacial score (nSPS) is 35.9. The number of ketones is 2. The Bertz CT molecular complexity index is 594. The van der Waals surface area contributed by atoms with Crippen LogP contribution in [0.3, 0.4) is 0 Å². The fourth-order valence-corrected chi connectivity index (χ4v) is 3.26. The van der Waals surface area contributed by atoms with Crippen LogP contribution in [0.2, 0.25) is 0 Å². The number of hydrogen-bond acceptors (Lipinski definition) is 4. The Kier molecular flexibility index (Phi) is 2.85. The summed E-state index contributed by atoms with van der Waals surface area (Å²) in [5.74, 6) is -1.72. The van der Waals surface area contributed by atoms with Gasteiger partial charge in [0.15, 0.2) is 11.4 Å². The van der Waals surface area contributed by atoms with Crippen LogP contribution in [0.5, 0.6) is 0 Å². The molecular formula is C16H18O4. The molecule has 3 atom stereocenters. The largest absolute Gasteiger partial charge is 0.337 e. The summed E-state index contributed by atoms with van der Waals surface area (Å²) in [6.45, 7) is 5.54. The highest BCUT2D eigenvalue weighted by molar-refractivity contribution is 6.16. The van der Waals surface area contributed by atoms with Gasteiger partial charge in [0.05, 0.1) is 6.10 Å². The van der Waals surface area contributed by atoms with E-state index in [1.807, 2.05) is 13.8 Å². The van der Waals surface area contributed by atoms with Gasteiger partial charge in [-0.05, 0) is 13.3 Å². The molecule has 2 bridgehead atoms. The third-order valence-corrected chi connectivity index (χ3v) is 4.51. The summed E-state index contributed by atoms with van der Waals surface area (Å²) in [5, 5.41) is 0. The van der Waals surface area contributed by atoms with Crippen molar-refractivity contribution >= 4 is 11.6 Å². The van der Waals surface area contributed by atoms with Gasteiger partial charge in [-0.1, -0.05) is 38.1 Å². The molecule has 4 heteroatoms. The van der Waals surface area contributed by atoms with Gasteiger partial charge in [0.25, 0.3) is 0 Å². The first kappa shape index (κ1) is 13.5. The lowest BCUT2D eigenvalue weighted by molar-refractivity contribution is -0.147. The molecule has 1 fully saturated rings. The minimum absolute atomic E-state index is 0.149. The molecule has 1 aromatic rings. The van der Waals surface area contributed by atoms with Crippen LogP contribution in [0.15, 0.2) is 24.3 Å². The van der Waals surface area contributed by atoms with E-state index < -0.39 is 17.5 Å². The summed E-state index contributed by atoms with van der Waals surface area (Å²) in [4.78, 5) is 25.7. The monoisotopic (exact) mass is 274 g/mol. The van der Waals surface area contributed by atoms with E-state index in [0.29, 0.717) is 24.0 Å². The molecule has 1 saturated heterocycles. The first-order valence-electron chi connectivity index (χ1n) is 7.07. The van der Waals surface area contributed by atoms with Crippen LogP contribution >= 0.6 is 0 Å². The van der Waals surface area contributed by atoms with Crippen molar-refractivity contribution in [2.24, 2.45) is 0 Å². The highest BCUT2D eigenvalue weighted by atomic mass is 16.8. The smallest absolute Gasteiger partial charge is 0.234 e.